The van der Waals surface area contributed by atoms with Gasteiger partial charge in [-0.15, -0.1) is 0 Å². The molecule has 0 bridgehead atoms. The molecule has 1 atom stereocenters. The first kappa shape index (κ1) is 14.0. The van der Waals surface area contributed by atoms with Crippen molar-refractivity contribution >= 4 is 11.7 Å². The third-order valence-electron chi connectivity index (χ3n) is 3.79. The second-order valence-corrected chi connectivity index (χ2v) is 5.32. The van der Waals surface area contributed by atoms with Gasteiger partial charge in [-0.25, -0.2) is 4.79 Å². The Labute approximate surface area is 128 Å². The van der Waals surface area contributed by atoms with Gasteiger partial charge < -0.3 is 20.1 Å². The number of rotatable bonds is 2. The molecule has 112 valence electrons. The standard InChI is InChI=1S/C16H15N3O3/c1-19(2)10-5-3-9(4-6-10)13-11(7-17)15(18)22-12-8-21-16(20)14(12)13/h3-6,13H,8,18H2,1-2H3. The molecule has 2 aliphatic heterocycles. The van der Waals surface area contributed by atoms with Gasteiger partial charge in [-0.2, -0.15) is 5.26 Å². The minimum absolute atomic E-state index is 0.0289. The minimum atomic E-state index is -0.542. The number of carbonyl (C=O) groups excluding carboxylic acids is 1. The Kier molecular flexibility index (Phi) is 3.26. The predicted molar refractivity (Wildman–Crippen MR) is 79.4 cm³/mol. The van der Waals surface area contributed by atoms with Crippen molar-refractivity contribution in [1.29, 1.82) is 5.26 Å². The summed E-state index contributed by atoms with van der Waals surface area (Å²) in [6.45, 7) is 0.0554. The largest absolute Gasteiger partial charge is 0.454 e. The molecule has 2 N–H and O–H groups in total. The van der Waals surface area contributed by atoms with Crippen LogP contribution >= 0.6 is 0 Å². The highest BCUT2D eigenvalue weighted by atomic mass is 16.6. The van der Waals surface area contributed by atoms with Crippen LogP contribution in [-0.4, -0.2) is 26.7 Å². The molecule has 1 aromatic rings. The van der Waals surface area contributed by atoms with Gasteiger partial charge in [0.25, 0.3) is 0 Å². The number of nitrogens with two attached hydrogens (primary N) is 1. The Hall–Kier alpha value is -2.94. The highest BCUT2D eigenvalue weighted by molar-refractivity contribution is 5.94. The second-order valence-electron chi connectivity index (χ2n) is 5.32. The Morgan fingerprint density at radius 2 is 2.00 bits per heavy atom. The van der Waals surface area contributed by atoms with Gasteiger partial charge in [-0.3, -0.25) is 0 Å². The van der Waals surface area contributed by atoms with E-state index >= 15 is 0 Å². The van der Waals surface area contributed by atoms with Crippen LogP contribution in [-0.2, 0) is 14.3 Å². The molecule has 6 nitrogen and oxygen atoms in total. The van der Waals surface area contributed by atoms with Crippen LogP contribution in [0, 0.1) is 11.3 Å². The summed E-state index contributed by atoms with van der Waals surface area (Å²) >= 11 is 0. The highest BCUT2D eigenvalue weighted by Crippen LogP contribution is 2.42. The number of allylic oxidation sites excluding steroid dienone is 1. The van der Waals surface area contributed by atoms with Gasteiger partial charge in [-0.1, -0.05) is 12.1 Å². The Balaban J connectivity index is 2.10. The third-order valence-corrected chi connectivity index (χ3v) is 3.79. The number of esters is 1. The molecule has 3 rings (SSSR count). The van der Waals surface area contributed by atoms with E-state index in [0.717, 1.165) is 11.3 Å². The van der Waals surface area contributed by atoms with E-state index in [1.165, 1.54) is 0 Å². The van der Waals surface area contributed by atoms with Crippen molar-refractivity contribution < 1.29 is 14.3 Å². The fraction of sp³-hybridized carbons (Fsp3) is 0.250. The molecule has 0 saturated heterocycles. The van der Waals surface area contributed by atoms with Crippen LogP contribution in [0.5, 0.6) is 0 Å². The first-order valence-electron chi connectivity index (χ1n) is 6.78. The summed E-state index contributed by atoms with van der Waals surface area (Å²) in [5.41, 5.74) is 8.25. The number of benzene rings is 1. The molecule has 2 heterocycles. The fourth-order valence-corrected chi connectivity index (χ4v) is 2.66. The average molecular weight is 297 g/mol. The van der Waals surface area contributed by atoms with Gasteiger partial charge in [0.1, 0.15) is 18.2 Å². The molecule has 1 aromatic carbocycles. The normalized spacial score (nSPS) is 20.2. The molecule has 0 saturated carbocycles. The molecule has 0 amide bonds. The van der Waals surface area contributed by atoms with Crippen LogP contribution in [0.4, 0.5) is 5.69 Å². The van der Waals surface area contributed by atoms with Crippen LogP contribution < -0.4 is 10.6 Å². The van der Waals surface area contributed by atoms with Gasteiger partial charge in [0.15, 0.2) is 5.76 Å². The van der Waals surface area contributed by atoms with E-state index < -0.39 is 11.9 Å². The van der Waals surface area contributed by atoms with E-state index in [9.17, 15) is 10.1 Å². The summed E-state index contributed by atoms with van der Waals surface area (Å²) in [5, 5.41) is 9.39. The zero-order chi connectivity index (χ0) is 15.9. The van der Waals surface area contributed by atoms with E-state index in [4.69, 9.17) is 15.2 Å². The van der Waals surface area contributed by atoms with Crippen molar-refractivity contribution in [3.63, 3.8) is 0 Å². The number of nitriles is 1. The van der Waals surface area contributed by atoms with Crippen LogP contribution in [0.2, 0.25) is 0 Å². The number of carbonyl (C=O) groups is 1. The Bertz CT molecular complexity index is 739. The molecule has 0 fully saturated rings. The number of ether oxygens (including phenoxy) is 2. The number of hydrogen-bond acceptors (Lipinski definition) is 6. The van der Waals surface area contributed by atoms with Crippen molar-refractivity contribution in [1.82, 2.24) is 0 Å². The summed E-state index contributed by atoms with van der Waals surface area (Å²) in [6.07, 6.45) is 0. The number of anilines is 1. The van der Waals surface area contributed by atoms with Crippen LogP contribution in [0.3, 0.4) is 0 Å². The summed E-state index contributed by atoms with van der Waals surface area (Å²) in [4.78, 5) is 14.0. The molecule has 1 unspecified atom stereocenters. The maximum Gasteiger partial charge on any atom is 0.339 e. The lowest BCUT2D eigenvalue weighted by Crippen LogP contribution is -2.21. The number of nitrogens with zero attached hydrogens (tertiary/aromatic N) is 2. The zero-order valence-corrected chi connectivity index (χ0v) is 12.3. The van der Waals surface area contributed by atoms with Crippen molar-refractivity contribution in [2.45, 2.75) is 5.92 Å². The van der Waals surface area contributed by atoms with E-state index in [1.54, 1.807) is 0 Å². The van der Waals surface area contributed by atoms with E-state index in [0.29, 0.717) is 11.3 Å². The average Bonchev–Trinajstić information content (AvgIpc) is 2.87. The monoisotopic (exact) mass is 297 g/mol. The minimum Gasteiger partial charge on any atom is -0.454 e. The van der Waals surface area contributed by atoms with Crippen molar-refractivity contribution in [2.75, 3.05) is 25.6 Å². The summed E-state index contributed by atoms with van der Waals surface area (Å²) in [6, 6.07) is 9.67. The lowest BCUT2D eigenvalue weighted by Gasteiger charge is -2.24. The lowest BCUT2D eigenvalue weighted by atomic mass is 9.83. The van der Waals surface area contributed by atoms with Gasteiger partial charge in [0, 0.05) is 19.8 Å². The molecule has 0 spiro atoms. The molecular weight excluding hydrogens is 282 g/mol. The summed E-state index contributed by atoms with van der Waals surface area (Å²) in [5.74, 6) is -0.582. The van der Waals surface area contributed by atoms with Crippen LogP contribution in [0.1, 0.15) is 11.5 Å². The van der Waals surface area contributed by atoms with Gasteiger partial charge >= 0.3 is 5.97 Å². The molecule has 6 heteroatoms. The van der Waals surface area contributed by atoms with Crippen molar-refractivity contribution in [3.8, 4) is 6.07 Å². The van der Waals surface area contributed by atoms with Crippen LogP contribution in [0.15, 0.2) is 47.1 Å². The Morgan fingerprint density at radius 3 is 2.59 bits per heavy atom. The number of cyclic esters (lactones) is 1. The highest BCUT2D eigenvalue weighted by Gasteiger charge is 2.41. The zero-order valence-electron chi connectivity index (χ0n) is 12.3. The van der Waals surface area contributed by atoms with E-state index in [2.05, 4.69) is 6.07 Å². The molecule has 2 aliphatic rings. The number of hydrogen-bond donors (Lipinski definition) is 1. The first-order valence-corrected chi connectivity index (χ1v) is 6.78. The van der Waals surface area contributed by atoms with E-state index in [1.807, 2.05) is 43.3 Å². The molecule has 0 aromatic heterocycles. The van der Waals surface area contributed by atoms with E-state index in [-0.39, 0.29) is 18.1 Å². The van der Waals surface area contributed by atoms with Gasteiger partial charge in [0.05, 0.1) is 11.5 Å². The smallest absolute Gasteiger partial charge is 0.339 e. The van der Waals surface area contributed by atoms with Crippen LogP contribution in [0.25, 0.3) is 0 Å². The third kappa shape index (κ3) is 2.07. The molecule has 22 heavy (non-hydrogen) atoms. The quantitative estimate of drug-likeness (QED) is 0.829. The summed E-state index contributed by atoms with van der Waals surface area (Å²) < 4.78 is 10.4. The topological polar surface area (TPSA) is 88.6 Å². The predicted octanol–water partition coefficient (Wildman–Crippen LogP) is 1.37. The maximum atomic E-state index is 12.0. The summed E-state index contributed by atoms with van der Waals surface area (Å²) in [7, 11) is 3.88. The molecule has 0 radical (unpaired) electrons. The Morgan fingerprint density at radius 1 is 1.32 bits per heavy atom. The second kappa shape index (κ2) is 5.11. The molecule has 0 aliphatic carbocycles. The SMILES string of the molecule is CN(C)c1ccc(C2C(C#N)=C(N)OC3=C2C(=O)OC3)cc1. The fourth-order valence-electron chi connectivity index (χ4n) is 2.66. The molecular formula is C16H15N3O3. The maximum absolute atomic E-state index is 12.0. The van der Waals surface area contributed by atoms with Gasteiger partial charge in [0.2, 0.25) is 5.88 Å². The van der Waals surface area contributed by atoms with Gasteiger partial charge in [-0.05, 0) is 17.7 Å². The van der Waals surface area contributed by atoms with Crippen molar-refractivity contribution in [3.05, 3.63) is 52.6 Å². The van der Waals surface area contributed by atoms with Crippen molar-refractivity contribution in [2.24, 2.45) is 5.73 Å². The first-order chi connectivity index (χ1) is 10.5. The lowest BCUT2D eigenvalue weighted by molar-refractivity contribution is -0.136.